The van der Waals surface area contributed by atoms with Gasteiger partial charge in [0.2, 0.25) is 5.91 Å². The maximum atomic E-state index is 11.5. The minimum atomic E-state index is 0.282. The molecule has 0 aromatic heterocycles. The fourth-order valence-corrected chi connectivity index (χ4v) is 2.16. The first kappa shape index (κ1) is 10.0. The van der Waals surface area contributed by atoms with Crippen LogP contribution < -0.4 is 5.32 Å². The number of hydrogen-bond donors (Lipinski definition) is 1. The summed E-state index contributed by atoms with van der Waals surface area (Å²) in [4.78, 5) is 11.5. The Kier molecular flexibility index (Phi) is 2.32. The highest BCUT2D eigenvalue weighted by molar-refractivity contribution is 5.77. The Labute approximate surface area is 86.5 Å². The van der Waals surface area contributed by atoms with Gasteiger partial charge in [0.15, 0.2) is 0 Å². The van der Waals surface area contributed by atoms with E-state index in [0.29, 0.717) is 23.3 Å². The van der Waals surface area contributed by atoms with Crippen LogP contribution in [0.4, 0.5) is 0 Å². The minimum Gasteiger partial charge on any atom is -0.353 e. The molecule has 0 bridgehead atoms. The minimum absolute atomic E-state index is 0.282. The third-order valence-electron chi connectivity index (χ3n) is 3.42. The van der Waals surface area contributed by atoms with E-state index in [0.717, 1.165) is 6.42 Å². The number of rotatable bonds is 3. The fraction of sp³-hybridized carbons (Fsp3) is 0.917. The molecule has 0 saturated heterocycles. The number of nitrogens with one attached hydrogen (secondary N) is 1. The molecule has 0 aromatic carbocycles. The number of amides is 1. The number of carbonyl (C=O) groups excluding carboxylic acids is 1. The van der Waals surface area contributed by atoms with Crippen LogP contribution in [-0.4, -0.2) is 11.9 Å². The molecule has 1 N–H and O–H groups in total. The van der Waals surface area contributed by atoms with Gasteiger partial charge in [0.25, 0.3) is 0 Å². The van der Waals surface area contributed by atoms with E-state index in [1.165, 1.54) is 19.3 Å². The van der Waals surface area contributed by atoms with E-state index in [9.17, 15) is 4.79 Å². The summed E-state index contributed by atoms with van der Waals surface area (Å²) in [5.41, 5.74) is 0.359. The Balaban J connectivity index is 1.69. The Morgan fingerprint density at radius 1 is 1.36 bits per heavy atom. The molecule has 2 aliphatic carbocycles. The molecular weight excluding hydrogens is 174 g/mol. The fourth-order valence-electron chi connectivity index (χ4n) is 2.16. The molecule has 0 heterocycles. The van der Waals surface area contributed by atoms with Crippen LogP contribution in [0.3, 0.4) is 0 Å². The van der Waals surface area contributed by atoms with E-state index >= 15 is 0 Å². The Bertz CT molecular complexity index is 237. The van der Waals surface area contributed by atoms with Crippen molar-refractivity contribution in [3.8, 4) is 0 Å². The van der Waals surface area contributed by atoms with Gasteiger partial charge in [-0.05, 0) is 36.5 Å². The highest BCUT2D eigenvalue weighted by Gasteiger charge is 2.46. The molecule has 0 radical (unpaired) electrons. The summed E-state index contributed by atoms with van der Waals surface area (Å²) in [7, 11) is 0. The first-order chi connectivity index (χ1) is 6.47. The predicted octanol–water partition coefficient (Wildman–Crippen LogP) is 2.34. The Hall–Kier alpha value is -0.530. The summed E-state index contributed by atoms with van der Waals surface area (Å²) in [6.07, 6.45) is 4.48. The van der Waals surface area contributed by atoms with Crippen LogP contribution >= 0.6 is 0 Å². The van der Waals surface area contributed by atoms with Gasteiger partial charge in [-0.2, -0.15) is 0 Å². The average Bonchev–Trinajstić information content (AvgIpc) is 2.79. The van der Waals surface area contributed by atoms with Crippen molar-refractivity contribution in [2.75, 3.05) is 0 Å². The first-order valence-electron chi connectivity index (χ1n) is 5.76. The number of hydrogen-bond acceptors (Lipinski definition) is 1. The summed E-state index contributed by atoms with van der Waals surface area (Å²) in [5.74, 6) is 1.69. The SMILES string of the molecule is CC(C)(C)C1CC1NC(=O)CC1CC1. The van der Waals surface area contributed by atoms with E-state index in [4.69, 9.17) is 0 Å². The predicted molar refractivity (Wildman–Crippen MR) is 56.8 cm³/mol. The molecule has 2 nitrogen and oxygen atoms in total. The maximum Gasteiger partial charge on any atom is 0.220 e. The molecule has 0 aliphatic heterocycles. The highest BCUT2D eigenvalue weighted by atomic mass is 16.1. The molecule has 2 fully saturated rings. The smallest absolute Gasteiger partial charge is 0.220 e. The number of carbonyl (C=O) groups is 1. The van der Waals surface area contributed by atoms with Gasteiger partial charge in [-0.1, -0.05) is 20.8 Å². The lowest BCUT2D eigenvalue weighted by Crippen LogP contribution is -2.29. The first-order valence-corrected chi connectivity index (χ1v) is 5.76. The van der Waals surface area contributed by atoms with Gasteiger partial charge in [0, 0.05) is 12.5 Å². The van der Waals surface area contributed by atoms with Crippen LogP contribution in [0.1, 0.15) is 46.5 Å². The summed E-state index contributed by atoms with van der Waals surface area (Å²) in [5, 5.41) is 3.14. The van der Waals surface area contributed by atoms with Gasteiger partial charge in [-0.3, -0.25) is 4.79 Å². The molecule has 2 saturated carbocycles. The van der Waals surface area contributed by atoms with E-state index in [-0.39, 0.29) is 5.91 Å². The van der Waals surface area contributed by atoms with Crippen LogP contribution in [-0.2, 0) is 4.79 Å². The lowest BCUT2D eigenvalue weighted by atomic mass is 9.90. The van der Waals surface area contributed by atoms with Crippen LogP contribution in [0.5, 0.6) is 0 Å². The van der Waals surface area contributed by atoms with E-state index < -0.39 is 0 Å². The molecular formula is C12H21NO. The second kappa shape index (κ2) is 3.25. The zero-order chi connectivity index (χ0) is 10.3. The molecule has 80 valence electrons. The van der Waals surface area contributed by atoms with Crippen molar-refractivity contribution in [1.82, 2.24) is 5.32 Å². The van der Waals surface area contributed by atoms with Gasteiger partial charge in [-0.25, -0.2) is 0 Å². The molecule has 2 aliphatic rings. The van der Waals surface area contributed by atoms with Crippen molar-refractivity contribution in [2.24, 2.45) is 17.3 Å². The van der Waals surface area contributed by atoms with Gasteiger partial charge in [0.05, 0.1) is 0 Å². The van der Waals surface area contributed by atoms with Crippen molar-refractivity contribution >= 4 is 5.91 Å². The Morgan fingerprint density at radius 2 is 2.00 bits per heavy atom. The second-order valence-corrected chi connectivity index (χ2v) is 6.03. The quantitative estimate of drug-likeness (QED) is 0.735. The van der Waals surface area contributed by atoms with Crippen molar-refractivity contribution in [1.29, 1.82) is 0 Å². The van der Waals surface area contributed by atoms with Crippen molar-refractivity contribution in [3.63, 3.8) is 0 Å². The van der Waals surface area contributed by atoms with Gasteiger partial charge in [-0.15, -0.1) is 0 Å². The van der Waals surface area contributed by atoms with Crippen LogP contribution in [0, 0.1) is 17.3 Å². The molecule has 2 heteroatoms. The summed E-state index contributed by atoms with van der Waals surface area (Å²) >= 11 is 0. The lowest BCUT2D eigenvalue weighted by molar-refractivity contribution is -0.121. The summed E-state index contributed by atoms with van der Waals surface area (Å²) in [6, 6.07) is 0.473. The van der Waals surface area contributed by atoms with Crippen molar-refractivity contribution in [3.05, 3.63) is 0 Å². The highest BCUT2D eigenvalue weighted by Crippen LogP contribution is 2.45. The summed E-state index contributed by atoms with van der Waals surface area (Å²) in [6.45, 7) is 6.76. The lowest BCUT2D eigenvalue weighted by Gasteiger charge is -2.18. The molecule has 0 aromatic rings. The standard InChI is InChI=1S/C12H21NO/c1-12(2,3)9-7-10(9)13-11(14)6-8-4-5-8/h8-10H,4-7H2,1-3H3,(H,13,14). The van der Waals surface area contributed by atoms with E-state index in [1.54, 1.807) is 0 Å². The molecule has 2 rings (SSSR count). The Morgan fingerprint density at radius 3 is 2.43 bits per heavy atom. The molecule has 0 spiro atoms. The zero-order valence-electron chi connectivity index (χ0n) is 9.47. The average molecular weight is 195 g/mol. The largest absolute Gasteiger partial charge is 0.353 e. The molecule has 2 atom stereocenters. The van der Waals surface area contributed by atoms with Gasteiger partial charge < -0.3 is 5.32 Å². The van der Waals surface area contributed by atoms with E-state index in [1.807, 2.05) is 0 Å². The monoisotopic (exact) mass is 195 g/mol. The van der Waals surface area contributed by atoms with Crippen LogP contribution in [0.15, 0.2) is 0 Å². The molecule has 2 unspecified atom stereocenters. The van der Waals surface area contributed by atoms with Gasteiger partial charge >= 0.3 is 0 Å². The van der Waals surface area contributed by atoms with Crippen molar-refractivity contribution < 1.29 is 4.79 Å². The van der Waals surface area contributed by atoms with Gasteiger partial charge in [0.1, 0.15) is 0 Å². The summed E-state index contributed by atoms with van der Waals surface area (Å²) < 4.78 is 0. The van der Waals surface area contributed by atoms with Crippen LogP contribution in [0.25, 0.3) is 0 Å². The van der Waals surface area contributed by atoms with Crippen molar-refractivity contribution in [2.45, 2.75) is 52.5 Å². The van der Waals surface area contributed by atoms with E-state index in [2.05, 4.69) is 26.1 Å². The zero-order valence-corrected chi connectivity index (χ0v) is 9.47. The molecule has 1 amide bonds. The topological polar surface area (TPSA) is 29.1 Å². The normalized spacial score (nSPS) is 31.4. The maximum absolute atomic E-state index is 11.5. The molecule has 14 heavy (non-hydrogen) atoms. The third kappa shape index (κ3) is 2.49. The second-order valence-electron chi connectivity index (χ2n) is 6.03. The van der Waals surface area contributed by atoms with Crippen LogP contribution in [0.2, 0.25) is 0 Å². The third-order valence-corrected chi connectivity index (χ3v) is 3.42.